The van der Waals surface area contributed by atoms with Gasteiger partial charge < -0.3 is 4.90 Å². The molecule has 0 radical (unpaired) electrons. The van der Waals surface area contributed by atoms with Gasteiger partial charge in [-0.1, -0.05) is 20.8 Å². The number of hydrogen-bond donors (Lipinski definition) is 0. The van der Waals surface area contributed by atoms with Crippen molar-refractivity contribution in [2.45, 2.75) is 66.6 Å². The second-order valence-corrected chi connectivity index (χ2v) is 7.01. The van der Waals surface area contributed by atoms with Crippen LogP contribution in [0.4, 0.5) is 0 Å². The van der Waals surface area contributed by atoms with Gasteiger partial charge in [0.15, 0.2) is 0 Å². The van der Waals surface area contributed by atoms with Crippen molar-refractivity contribution < 1.29 is 0 Å². The Bertz CT molecular complexity index is 480. The van der Waals surface area contributed by atoms with Gasteiger partial charge in [0.1, 0.15) is 0 Å². The maximum Gasteiger partial charge on any atom is 0.0641 e. The van der Waals surface area contributed by atoms with Crippen molar-refractivity contribution in [1.29, 1.82) is 0 Å². The molecule has 0 aliphatic carbocycles. The summed E-state index contributed by atoms with van der Waals surface area (Å²) in [5.41, 5.74) is 3.99. The number of aromatic nitrogens is 2. The van der Waals surface area contributed by atoms with E-state index in [0.29, 0.717) is 6.04 Å². The van der Waals surface area contributed by atoms with E-state index in [-0.39, 0.29) is 0 Å². The quantitative estimate of drug-likeness (QED) is 0.807. The second-order valence-electron chi connectivity index (χ2n) is 7.01. The highest BCUT2D eigenvalue weighted by atomic mass is 15.3. The minimum absolute atomic E-state index is 0.691. The lowest BCUT2D eigenvalue weighted by molar-refractivity contribution is 0.0785. The van der Waals surface area contributed by atoms with E-state index in [4.69, 9.17) is 5.10 Å². The highest BCUT2D eigenvalue weighted by Gasteiger charge is 2.29. The first-order valence-electron chi connectivity index (χ1n) is 8.93. The number of piperidine rings is 1. The van der Waals surface area contributed by atoms with Crippen molar-refractivity contribution in [3.05, 3.63) is 17.0 Å². The molecule has 0 saturated carbocycles. The summed E-state index contributed by atoms with van der Waals surface area (Å²) < 4.78 is 2.18. The standard InChI is InChI=1S/C18H34N4/c1-7-10-22-16(5)17(15(4)19-22)13-20(6)18-9-11-21(8-2)12-14(18)3/h14,18H,7-13H2,1-6H3/t14-,18-/m1/s1. The molecule has 4 heteroatoms. The molecule has 0 spiro atoms. The zero-order chi connectivity index (χ0) is 16.3. The molecule has 1 aromatic rings. The van der Waals surface area contributed by atoms with Crippen LogP contribution in [-0.2, 0) is 13.1 Å². The third kappa shape index (κ3) is 3.72. The smallest absolute Gasteiger partial charge is 0.0641 e. The normalized spacial score (nSPS) is 23.4. The summed E-state index contributed by atoms with van der Waals surface area (Å²) in [6.07, 6.45) is 2.43. The Hall–Kier alpha value is -0.870. The predicted molar refractivity (Wildman–Crippen MR) is 93.1 cm³/mol. The van der Waals surface area contributed by atoms with Gasteiger partial charge in [-0.15, -0.1) is 0 Å². The van der Waals surface area contributed by atoms with E-state index in [9.17, 15) is 0 Å². The van der Waals surface area contributed by atoms with Gasteiger partial charge in [0.05, 0.1) is 5.69 Å². The maximum absolute atomic E-state index is 4.72. The molecular formula is C18H34N4. The highest BCUT2D eigenvalue weighted by molar-refractivity contribution is 5.24. The summed E-state index contributed by atoms with van der Waals surface area (Å²) in [6, 6.07) is 0.691. The van der Waals surface area contributed by atoms with Crippen molar-refractivity contribution in [2.24, 2.45) is 5.92 Å². The summed E-state index contributed by atoms with van der Waals surface area (Å²) in [6.45, 7) is 17.0. The van der Waals surface area contributed by atoms with Gasteiger partial charge in [0.2, 0.25) is 0 Å². The maximum atomic E-state index is 4.72. The summed E-state index contributed by atoms with van der Waals surface area (Å²) in [5.74, 6) is 0.741. The van der Waals surface area contributed by atoms with Crippen LogP contribution in [0.3, 0.4) is 0 Å². The van der Waals surface area contributed by atoms with Gasteiger partial charge in [-0.05, 0) is 52.7 Å². The number of hydrogen-bond acceptors (Lipinski definition) is 3. The molecule has 1 aromatic heterocycles. The molecule has 0 amide bonds. The average molecular weight is 306 g/mol. The Balaban J connectivity index is 2.04. The molecular weight excluding hydrogens is 272 g/mol. The molecule has 0 N–H and O–H groups in total. The van der Waals surface area contributed by atoms with Gasteiger partial charge >= 0.3 is 0 Å². The molecule has 0 bridgehead atoms. The average Bonchev–Trinajstić information content (AvgIpc) is 2.75. The zero-order valence-corrected chi connectivity index (χ0v) is 15.4. The van der Waals surface area contributed by atoms with Crippen LogP contribution >= 0.6 is 0 Å². The van der Waals surface area contributed by atoms with Gasteiger partial charge in [-0.2, -0.15) is 5.10 Å². The number of nitrogens with zero attached hydrogens (tertiary/aromatic N) is 4. The number of aryl methyl sites for hydroxylation is 2. The van der Waals surface area contributed by atoms with E-state index in [0.717, 1.165) is 25.4 Å². The summed E-state index contributed by atoms with van der Waals surface area (Å²) in [5, 5.41) is 4.72. The summed E-state index contributed by atoms with van der Waals surface area (Å²) >= 11 is 0. The highest BCUT2D eigenvalue weighted by Crippen LogP contribution is 2.24. The minimum atomic E-state index is 0.691. The fourth-order valence-corrected chi connectivity index (χ4v) is 3.92. The van der Waals surface area contributed by atoms with Gasteiger partial charge in [0.25, 0.3) is 0 Å². The van der Waals surface area contributed by atoms with E-state index in [1.165, 1.54) is 43.0 Å². The van der Waals surface area contributed by atoms with Crippen molar-refractivity contribution >= 4 is 0 Å². The van der Waals surface area contributed by atoms with Gasteiger partial charge in [-0.25, -0.2) is 0 Å². The Morgan fingerprint density at radius 1 is 1.27 bits per heavy atom. The van der Waals surface area contributed by atoms with E-state index in [1.54, 1.807) is 0 Å². The molecule has 126 valence electrons. The van der Waals surface area contributed by atoms with Crippen LogP contribution in [-0.4, -0.2) is 52.3 Å². The molecule has 0 aromatic carbocycles. The van der Waals surface area contributed by atoms with Gasteiger partial charge in [-0.3, -0.25) is 9.58 Å². The SMILES string of the molecule is CCCn1nc(C)c(CN(C)[C@@H]2CCN(CC)C[C@H]2C)c1C. The van der Waals surface area contributed by atoms with Gasteiger partial charge in [0, 0.05) is 36.9 Å². The second kappa shape index (κ2) is 7.60. The molecule has 1 aliphatic rings. The minimum Gasteiger partial charge on any atom is -0.303 e. The number of rotatable bonds is 6. The monoisotopic (exact) mass is 306 g/mol. The van der Waals surface area contributed by atoms with Crippen molar-refractivity contribution in [3.63, 3.8) is 0 Å². The molecule has 1 saturated heterocycles. The van der Waals surface area contributed by atoms with Crippen LogP contribution in [0.15, 0.2) is 0 Å². The Morgan fingerprint density at radius 3 is 2.59 bits per heavy atom. The van der Waals surface area contributed by atoms with Crippen LogP contribution in [0.25, 0.3) is 0 Å². The zero-order valence-electron chi connectivity index (χ0n) is 15.4. The molecule has 0 unspecified atom stereocenters. The summed E-state index contributed by atoms with van der Waals surface area (Å²) in [4.78, 5) is 5.13. The lowest BCUT2D eigenvalue weighted by Gasteiger charge is -2.41. The third-order valence-corrected chi connectivity index (χ3v) is 5.33. The molecule has 2 rings (SSSR count). The van der Waals surface area contributed by atoms with Crippen molar-refractivity contribution in [2.75, 3.05) is 26.7 Å². The Kier molecular flexibility index (Phi) is 6.04. The first kappa shape index (κ1) is 17.5. The third-order valence-electron chi connectivity index (χ3n) is 5.33. The Morgan fingerprint density at radius 2 is 2.00 bits per heavy atom. The van der Waals surface area contributed by atoms with Crippen molar-refractivity contribution in [3.8, 4) is 0 Å². The van der Waals surface area contributed by atoms with Crippen LogP contribution in [0, 0.1) is 19.8 Å². The van der Waals surface area contributed by atoms with E-state index < -0.39 is 0 Å². The van der Waals surface area contributed by atoms with Crippen LogP contribution in [0.5, 0.6) is 0 Å². The van der Waals surface area contributed by atoms with Crippen LogP contribution in [0.2, 0.25) is 0 Å². The lowest BCUT2D eigenvalue weighted by Crippen LogP contribution is -2.48. The van der Waals surface area contributed by atoms with E-state index in [2.05, 4.69) is 56.1 Å². The Labute approximate surface area is 136 Å². The molecule has 4 nitrogen and oxygen atoms in total. The first-order chi connectivity index (χ1) is 10.5. The number of likely N-dealkylation sites (tertiary alicyclic amines) is 1. The molecule has 22 heavy (non-hydrogen) atoms. The molecule has 2 heterocycles. The largest absolute Gasteiger partial charge is 0.303 e. The topological polar surface area (TPSA) is 24.3 Å². The fraction of sp³-hybridized carbons (Fsp3) is 0.833. The van der Waals surface area contributed by atoms with Crippen LogP contribution < -0.4 is 0 Å². The van der Waals surface area contributed by atoms with Crippen LogP contribution in [0.1, 0.15) is 50.6 Å². The lowest BCUT2D eigenvalue weighted by atomic mass is 9.92. The molecule has 1 fully saturated rings. The van der Waals surface area contributed by atoms with E-state index in [1.807, 2.05) is 0 Å². The van der Waals surface area contributed by atoms with Crippen molar-refractivity contribution in [1.82, 2.24) is 19.6 Å². The first-order valence-corrected chi connectivity index (χ1v) is 8.93. The predicted octanol–water partition coefficient (Wildman–Crippen LogP) is 3.07. The molecule has 2 atom stereocenters. The fourth-order valence-electron chi connectivity index (χ4n) is 3.92. The summed E-state index contributed by atoms with van der Waals surface area (Å²) in [7, 11) is 2.29. The molecule has 1 aliphatic heterocycles. The van der Waals surface area contributed by atoms with E-state index >= 15 is 0 Å².